The van der Waals surface area contributed by atoms with Crippen LogP contribution in [0.2, 0.25) is 0 Å². The molecule has 3 heteroatoms. The van der Waals surface area contributed by atoms with Gasteiger partial charge in [-0.05, 0) is 24.3 Å². The Kier molecular flexibility index (Phi) is 3.57. The molecule has 86 valence electrons. The van der Waals surface area contributed by atoms with Crippen molar-refractivity contribution in [1.29, 1.82) is 0 Å². The van der Waals surface area contributed by atoms with Crippen LogP contribution in [0.3, 0.4) is 0 Å². The van der Waals surface area contributed by atoms with Gasteiger partial charge in [0.1, 0.15) is 5.92 Å². The molecule has 1 N–H and O–H groups in total. The topological polar surface area (TPSA) is 46.5 Å². The van der Waals surface area contributed by atoms with Crippen LogP contribution < -0.4 is 0 Å². The van der Waals surface area contributed by atoms with Gasteiger partial charge in [0.25, 0.3) is 0 Å². The molecule has 0 aliphatic heterocycles. The van der Waals surface area contributed by atoms with E-state index in [0.29, 0.717) is 12.5 Å². The van der Waals surface area contributed by atoms with Gasteiger partial charge in [0.2, 0.25) is 0 Å². The average Bonchev–Trinajstić information content (AvgIpc) is 3.09. The van der Waals surface area contributed by atoms with E-state index in [-0.39, 0.29) is 6.61 Å². The quantitative estimate of drug-likeness (QED) is 0.800. The lowest BCUT2D eigenvalue weighted by molar-refractivity contribution is -0.140. The van der Waals surface area contributed by atoms with Crippen LogP contribution in [0.5, 0.6) is 0 Å². The molecule has 0 heterocycles. The second kappa shape index (κ2) is 5.12. The minimum atomic E-state index is -0.818. The van der Waals surface area contributed by atoms with E-state index < -0.39 is 11.9 Å². The molecule has 1 saturated carbocycles. The normalized spacial score (nSPS) is 17.0. The first-order valence-corrected chi connectivity index (χ1v) is 5.63. The molecule has 1 aromatic rings. The Morgan fingerprint density at radius 2 is 2.06 bits per heavy atom. The van der Waals surface area contributed by atoms with Crippen molar-refractivity contribution in [3.8, 4) is 0 Å². The van der Waals surface area contributed by atoms with Crippen LogP contribution in [-0.2, 0) is 9.53 Å². The molecular weight excluding hydrogens is 204 g/mol. The van der Waals surface area contributed by atoms with Gasteiger partial charge in [-0.2, -0.15) is 0 Å². The van der Waals surface area contributed by atoms with Gasteiger partial charge in [0.15, 0.2) is 0 Å². The Hall–Kier alpha value is -1.35. The average molecular weight is 220 g/mol. The van der Waals surface area contributed by atoms with E-state index in [1.807, 2.05) is 30.3 Å². The second-order valence-corrected chi connectivity index (χ2v) is 4.28. The summed E-state index contributed by atoms with van der Waals surface area (Å²) in [4.78, 5) is 11.1. The highest BCUT2D eigenvalue weighted by Gasteiger charge is 2.24. The molecule has 16 heavy (non-hydrogen) atoms. The molecule has 0 bridgehead atoms. The molecule has 3 nitrogen and oxygen atoms in total. The SMILES string of the molecule is O=C(O)C(COCC1CC1)c1ccccc1. The van der Waals surface area contributed by atoms with Crippen molar-refractivity contribution in [2.24, 2.45) is 5.92 Å². The molecule has 1 fully saturated rings. The summed E-state index contributed by atoms with van der Waals surface area (Å²) in [5.74, 6) is -0.688. The zero-order valence-electron chi connectivity index (χ0n) is 9.13. The van der Waals surface area contributed by atoms with Crippen molar-refractivity contribution in [3.63, 3.8) is 0 Å². The van der Waals surface area contributed by atoms with Gasteiger partial charge in [0.05, 0.1) is 6.61 Å². The molecule has 0 aromatic heterocycles. The maximum atomic E-state index is 11.1. The number of ether oxygens (including phenoxy) is 1. The third-order valence-electron chi connectivity index (χ3n) is 2.84. The number of carboxylic acids is 1. The Morgan fingerprint density at radius 1 is 1.38 bits per heavy atom. The molecule has 1 unspecified atom stereocenters. The number of carboxylic acid groups (broad SMARTS) is 1. The third-order valence-corrected chi connectivity index (χ3v) is 2.84. The monoisotopic (exact) mass is 220 g/mol. The first-order chi connectivity index (χ1) is 7.77. The summed E-state index contributed by atoms with van der Waals surface area (Å²) >= 11 is 0. The smallest absolute Gasteiger partial charge is 0.313 e. The Morgan fingerprint density at radius 3 is 2.62 bits per heavy atom. The van der Waals surface area contributed by atoms with E-state index in [2.05, 4.69) is 0 Å². The lowest BCUT2D eigenvalue weighted by atomic mass is 10.0. The van der Waals surface area contributed by atoms with Crippen LogP contribution in [0, 0.1) is 5.92 Å². The molecule has 1 aromatic carbocycles. The number of aliphatic carboxylic acids is 1. The Labute approximate surface area is 95.0 Å². The van der Waals surface area contributed by atoms with Gasteiger partial charge in [-0.25, -0.2) is 0 Å². The maximum absolute atomic E-state index is 11.1. The molecule has 0 saturated heterocycles. The van der Waals surface area contributed by atoms with Gasteiger partial charge in [-0.3, -0.25) is 4.79 Å². The summed E-state index contributed by atoms with van der Waals surface area (Å²) in [6, 6.07) is 9.25. The van der Waals surface area contributed by atoms with E-state index >= 15 is 0 Å². The summed E-state index contributed by atoms with van der Waals surface area (Å²) in [6.07, 6.45) is 2.45. The highest BCUT2D eigenvalue weighted by atomic mass is 16.5. The van der Waals surface area contributed by atoms with Gasteiger partial charge < -0.3 is 9.84 Å². The highest BCUT2D eigenvalue weighted by Crippen LogP contribution is 2.29. The largest absolute Gasteiger partial charge is 0.481 e. The number of carbonyl (C=O) groups is 1. The van der Waals surface area contributed by atoms with Crippen molar-refractivity contribution in [1.82, 2.24) is 0 Å². The predicted octanol–water partition coefficient (Wildman–Crippen LogP) is 2.28. The fourth-order valence-corrected chi connectivity index (χ4v) is 1.63. The molecule has 0 amide bonds. The van der Waals surface area contributed by atoms with Crippen molar-refractivity contribution < 1.29 is 14.6 Å². The summed E-state index contributed by atoms with van der Waals surface area (Å²) in [6.45, 7) is 0.979. The van der Waals surface area contributed by atoms with Gasteiger partial charge in [-0.15, -0.1) is 0 Å². The molecule has 0 radical (unpaired) electrons. The first-order valence-electron chi connectivity index (χ1n) is 5.63. The van der Waals surface area contributed by atoms with Gasteiger partial charge >= 0.3 is 5.97 Å². The minimum absolute atomic E-state index is 0.274. The number of rotatable bonds is 6. The number of hydrogen-bond donors (Lipinski definition) is 1. The van der Waals surface area contributed by atoms with Gasteiger partial charge in [0, 0.05) is 6.61 Å². The highest BCUT2D eigenvalue weighted by molar-refractivity contribution is 5.76. The third kappa shape index (κ3) is 3.07. The van der Waals surface area contributed by atoms with E-state index in [4.69, 9.17) is 9.84 Å². The van der Waals surface area contributed by atoms with Crippen molar-refractivity contribution in [2.45, 2.75) is 18.8 Å². The van der Waals surface area contributed by atoms with Crippen LogP contribution in [0.25, 0.3) is 0 Å². The Balaban J connectivity index is 1.91. The molecule has 1 aliphatic carbocycles. The van der Waals surface area contributed by atoms with Crippen molar-refractivity contribution in [2.75, 3.05) is 13.2 Å². The number of hydrogen-bond acceptors (Lipinski definition) is 2. The molecule has 1 atom stereocenters. The van der Waals surface area contributed by atoms with E-state index in [9.17, 15) is 4.79 Å². The van der Waals surface area contributed by atoms with Crippen molar-refractivity contribution in [3.05, 3.63) is 35.9 Å². The molecule has 0 spiro atoms. The molecule has 1 aliphatic rings. The van der Waals surface area contributed by atoms with E-state index in [1.165, 1.54) is 12.8 Å². The van der Waals surface area contributed by atoms with E-state index in [0.717, 1.165) is 5.56 Å². The van der Waals surface area contributed by atoms with Crippen LogP contribution in [0.1, 0.15) is 24.3 Å². The van der Waals surface area contributed by atoms with Crippen molar-refractivity contribution >= 4 is 5.97 Å². The molecular formula is C13H16O3. The standard InChI is InChI=1S/C13H16O3/c14-13(15)12(9-16-8-10-6-7-10)11-4-2-1-3-5-11/h1-5,10,12H,6-9H2,(H,14,15). The fraction of sp³-hybridized carbons (Fsp3) is 0.462. The Bertz CT molecular complexity index is 343. The summed E-state index contributed by atoms with van der Waals surface area (Å²) in [7, 11) is 0. The lowest BCUT2D eigenvalue weighted by Crippen LogP contribution is -2.18. The summed E-state index contributed by atoms with van der Waals surface area (Å²) < 4.78 is 5.45. The maximum Gasteiger partial charge on any atom is 0.313 e. The van der Waals surface area contributed by atoms with Crippen LogP contribution >= 0.6 is 0 Å². The van der Waals surface area contributed by atoms with Crippen LogP contribution in [0.15, 0.2) is 30.3 Å². The van der Waals surface area contributed by atoms with E-state index in [1.54, 1.807) is 0 Å². The first kappa shape index (κ1) is 11.1. The number of benzene rings is 1. The lowest BCUT2D eigenvalue weighted by Gasteiger charge is -2.12. The summed E-state index contributed by atoms with van der Waals surface area (Å²) in [5.41, 5.74) is 0.811. The van der Waals surface area contributed by atoms with Crippen LogP contribution in [0.4, 0.5) is 0 Å². The van der Waals surface area contributed by atoms with Gasteiger partial charge in [-0.1, -0.05) is 30.3 Å². The zero-order chi connectivity index (χ0) is 11.4. The summed E-state index contributed by atoms with van der Waals surface area (Å²) in [5, 5.41) is 9.13. The molecule has 2 rings (SSSR count). The minimum Gasteiger partial charge on any atom is -0.481 e. The van der Waals surface area contributed by atoms with Crippen LogP contribution in [-0.4, -0.2) is 24.3 Å². The zero-order valence-corrected chi connectivity index (χ0v) is 9.13. The fourth-order valence-electron chi connectivity index (χ4n) is 1.63. The predicted molar refractivity (Wildman–Crippen MR) is 60.4 cm³/mol. The second-order valence-electron chi connectivity index (χ2n) is 4.28.